The van der Waals surface area contributed by atoms with Gasteiger partial charge in [0, 0.05) is 6.61 Å². The van der Waals surface area contributed by atoms with Gasteiger partial charge in [-0.15, -0.1) is 0 Å². The lowest BCUT2D eigenvalue weighted by atomic mass is 10.1. The second-order valence-corrected chi connectivity index (χ2v) is 3.65. The van der Waals surface area contributed by atoms with Gasteiger partial charge in [-0.1, -0.05) is 13.3 Å². The summed E-state index contributed by atoms with van der Waals surface area (Å²) in [5.74, 6) is 0. The van der Waals surface area contributed by atoms with Crippen LogP contribution in [0.25, 0.3) is 0 Å². The lowest BCUT2D eigenvalue weighted by molar-refractivity contribution is -0.128. The van der Waals surface area contributed by atoms with Gasteiger partial charge in [0.2, 0.25) is 0 Å². The van der Waals surface area contributed by atoms with Crippen LogP contribution < -0.4 is 0 Å². The fraction of sp³-hybridized carbons (Fsp3) is 1.00. The minimum atomic E-state index is -0.671. The fourth-order valence-electron chi connectivity index (χ4n) is 1.21. The first-order valence-electron chi connectivity index (χ1n) is 5.11. The third kappa shape index (κ3) is 3.61. The Kier molecular flexibility index (Phi) is 4.67. The molecule has 2 heterocycles. The van der Waals surface area contributed by atoms with Crippen molar-refractivity contribution in [1.29, 1.82) is 0 Å². The monoisotopic (exact) mass is 190 g/mol. The summed E-state index contributed by atoms with van der Waals surface area (Å²) in [6, 6.07) is 0. The first-order chi connectivity index (χ1) is 6.24. The van der Waals surface area contributed by atoms with Crippen molar-refractivity contribution in [3.63, 3.8) is 0 Å². The van der Waals surface area contributed by atoms with Gasteiger partial charge in [-0.05, 0) is 19.8 Å². The minimum Gasteiger partial charge on any atom is -0.378 e. The molecule has 0 aromatic heterocycles. The predicted molar refractivity (Wildman–Crippen MR) is 49.6 cm³/mol. The lowest BCUT2D eigenvalue weighted by Gasteiger charge is -2.30. The molecule has 0 aliphatic carbocycles. The molecule has 0 amide bonds. The molecule has 0 aromatic rings. The van der Waals surface area contributed by atoms with E-state index in [1.54, 1.807) is 0 Å². The number of hydrogen-bond donors (Lipinski definition) is 0. The molecule has 78 valence electrons. The van der Waals surface area contributed by atoms with E-state index < -0.39 is 6.17 Å². The van der Waals surface area contributed by atoms with Gasteiger partial charge >= 0.3 is 0 Å². The predicted octanol–water partition coefficient (Wildman–Crippen LogP) is 2.32. The highest BCUT2D eigenvalue weighted by Crippen LogP contribution is 2.19. The number of halogens is 1. The minimum absolute atomic E-state index is 0.0694. The van der Waals surface area contributed by atoms with Gasteiger partial charge in [-0.3, -0.25) is 0 Å². The molecular formula is C10H19FO2. The molecule has 13 heavy (non-hydrogen) atoms. The van der Waals surface area contributed by atoms with Crippen LogP contribution in [-0.4, -0.2) is 31.6 Å². The van der Waals surface area contributed by atoms with Gasteiger partial charge in [-0.25, -0.2) is 4.39 Å². The smallest absolute Gasteiger partial charge is 0.149 e. The molecule has 0 aromatic carbocycles. The zero-order valence-corrected chi connectivity index (χ0v) is 8.46. The Morgan fingerprint density at radius 3 is 2.08 bits per heavy atom. The number of rotatable bonds is 2. The van der Waals surface area contributed by atoms with E-state index in [0.29, 0.717) is 12.7 Å². The molecule has 0 N–H and O–H groups in total. The molecule has 2 fully saturated rings. The van der Waals surface area contributed by atoms with Crippen molar-refractivity contribution in [3.05, 3.63) is 0 Å². The number of ether oxygens (including phenoxy) is 2. The van der Waals surface area contributed by atoms with Crippen LogP contribution in [0.1, 0.15) is 33.1 Å². The summed E-state index contributed by atoms with van der Waals surface area (Å²) in [5, 5.41) is 0. The maximum Gasteiger partial charge on any atom is 0.149 e. The zero-order chi connectivity index (χ0) is 9.68. The Morgan fingerprint density at radius 2 is 2.00 bits per heavy atom. The molecule has 2 saturated heterocycles. The van der Waals surface area contributed by atoms with Crippen LogP contribution >= 0.6 is 0 Å². The maximum absolute atomic E-state index is 12.2. The molecule has 2 aliphatic heterocycles. The summed E-state index contributed by atoms with van der Waals surface area (Å²) in [7, 11) is 0. The fourth-order valence-corrected chi connectivity index (χ4v) is 1.21. The van der Waals surface area contributed by atoms with E-state index in [1.165, 1.54) is 6.42 Å². The van der Waals surface area contributed by atoms with E-state index >= 15 is 0 Å². The van der Waals surface area contributed by atoms with Gasteiger partial charge in [0.15, 0.2) is 0 Å². The van der Waals surface area contributed by atoms with Crippen LogP contribution in [0.2, 0.25) is 0 Å². The zero-order valence-electron chi connectivity index (χ0n) is 8.46. The van der Waals surface area contributed by atoms with Crippen LogP contribution in [0.3, 0.4) is 0 Å². The van der Waals surface area contributed by atoms with E-state index in [1.807, 2.05) is 6.92 Å². The SMILES string of the molecule is CC1CCO1.CCCC1OCC1F. The second kappa shape index (κ2) is 5.55. The maximum atomic E-state index is 12.2. The molecule has 3 unspecified atom stereocenters. The molecule has 0 saturated carbocycles. The molecular weight excluding hydrogens is 171 g/mol. The highest BCUT2D eigenvalue weighted by atomic mass is 19.1. The standard InChI is InChI=1S/C6H11FO.C4H8O/c1-2-3-6-5(7)4-8-6;1-4-2-3-5-4/h5-6H,2-4H2,1H3;4H,2-3H2,1H3. The summed E-state index contributed by atoms with van der Waals surface area (Å²) in [6.45, 7) is 5.43. The van der Waals surface area contributed by atoms with Gasteiger partial charge in [0.25, 0.3) is 0 Å². The van der Waals surface area contributed by atoms with Crippen molar-refractivity contribution in [2.75, 3.05) is 13.2 Å². The topological polar surface area (TPSA) is 18.5 Å². The van der Waals surface area contributed by atoms with Crippen molar-refractivity contribution in [3.8, 4) is 0 Å². The highest BCUT2D eigenvalue weighted by molar-refractivity contribution is 4.77. The molecule has 0 radical (unpaired) electrons. The third-order valence-electron chi connectivity index (χ3n) is 2.37. The Labute approximate surface area is 79.4 Å². The van der Waals surface area contributed by atoms with Crippen LogP contribution in [0.4, 0.5) is 4.39 Å². The molecule has 3 heteroatoms. The summed E-state index contributed by atoms with van der Waals surface area (Å²) >= 11 is 0. The molecule has 0 spiro atoms. The average Bonchev–Trinajstić information content (AvgIpc) is 2.09. The van der Waals surface area contributed by atoms with Crippen LogP contribution in [0.5, 0.6) is 0 Å². The first kappa shape index (κ1) is 10.9. The van der Waals surface area contributed by atoms with E-state index in [2.05, 4.69) is 6.92 Å². The van der Waals surface area contributed by atoms with Crippen molar-refractivity contribution in [2.45, 2.75) is 51.5 Å². The van der Waals surface area contributed by atoms with E-state index in [4.69, 9.17) is 9.47 Å². The highest BCUT2D eigenvalue weighted by Gasteiger charge is 2.30. The largest absolute Gasteiger partial charge is 0.378 e. The molecule has 0 bridgehead atoms. The Balaban J connectivity index is 0.000000145. The van der Waals surface area contributed by atoms with Crippen molar-refractivity contribution >= 4 is 0 Å². The molecule has 3 atom stereocenters. The normalized spacial score (nSPS) is 36.7. The van der Waals surface area contributed by atoms with Crippen LogP contribution in [0.15, 0.2) is 0 Å². The summed E-state index contributed by atoms with van der Waals surface area (Å²) in [5.41, 5.74) is 0. The van der Waals surface area contributed by atoms with Crippen molar-refractivity contribution in [2.24, 2.45) is 0 Å². The Bertz CT molecular complexity index is 137. The van der Waals surface area contributed by atoms with Crippen molar-refractivity contribution < 1.29 is 13.9 Å². The average molecular weight is 190 g/mol. The van der Waals surface area contributed by atoms with Crippen LogP contribution in [0, 0.1) is 0 Å². The van der Waals surface area contributed by atoms with Crippen LogP contribution in [-0.2, 0) is 9.47 Å². The van der Waals surface area contributed by atoms with E-state index in [-0.39, 0.29) is 6.10 Å². The second-order valence-electron chi connectivity index (χ2n) is 3.65. The van der Waals surface area contributed by atoms with Gasteiger partial charge in [-0.2, -0.15) is 0 Å². The van der Waals surface area contributed by atoms with Gasteiger partial charge < -0.3 is 9.47 Å². The lowest BCUT2D eigenvalue weighted by Crippen LogP contribution is -2.41. The van der Waals surface area contributed by atoms with Gasteiger partial charge in [0.1, 0.15) is 6.17 Å². The number of hydrogen-bond acceptors (Lipinski definition) is 2. The van der Waals surface area contributed by atoms with Gasteiger partial charge in [0.05, 0.1) is 18.8 Å². The quantitative estimate of drug-likeness (QED) is 0.665. The molecule has 2 nitrogen and oxygen atoms in total. The summed E-state index contributed by atoms with van der Waals surface area (Å²) < 4.78 is 22.1. The van der Waals surface area contributed by atoms with E-state index in [0.717, 1.165) is 19.4 Å². The first-order valence-corrected chi connectivity index (χ1v) is 5.11. The Hall–Kier alpha value is -0.150. The van der Waals surface area contributed by atoms with E-state index in [9.17, 15) is 4.39 Å². The Morgan fingerprint density at radius 1 is 1.38 bits per heavy atom. The number of alkyl halides is 1. The third-order valence-corrected chi connectivity index (χ3v) is 2.37. The summed E-state index contributed by atoms with van der Waals surface area (Å²) in [4.78, 5) is 0. The van der Waals surface area contributed by atoms with Crippen molar-refractivity contribution in [1.82, 2.24) is 0 Å². The molecule has 2 aliphatic rings. The summed E-state index contributed by atoms with van der Waals surface area (Å²) in [6.07, 6.45) is 2.98. The molecule has 2 rings (SSSR count).